The van der Waals surface area contributed by atoms with E-state index in [-0.39, 0.29) is 24.8 Å². The monoisotopic (exact) mass is 384 g/mol. The van der Waals surface area contributed by atoms with E-state index < -0.39 is 8.32 Å². The molecule has 1 aromatic carbocycles. The van der Waals surface area contributed by atoms with Crippen molar-refractivity contribution in [2.45, 2.75) is 56.6 Å². The van der Waals surface area contributed by atoms with Crippen LogP contribution in [0.4, 0.5) is 0 Å². The van der Waals surface area contributed by atoms with Crippen molar-refractivity contribution in [2.24, 2.45) is 5.92 Å². The van der Waals surface area contributed by atoms with Gasteiger partial charge < -0.3 is 0 Å². The first-order valence-electron chi connectivity index (χ1n) is 8.07. The van der Waals surface area contributed by atoms with Crippen LogP contribution in [0, 0.1) is 5.92 Å². The molecule has 122 valence electrons. The summed E-state index contributed by atoms with van der Waals surface area (Å²) in [6.45, 7) is 12.1. The zero-order valence-electron chi connectivity index (χ0n) is 14.4. The van der Waals surface area contributed by atoms with Crippen LogP contribution in [0.2, 0.25) is 22.9 Å². The average molecular weight is 383 g/mol. The van der Waals surface area contributed by atoms with Gasteiger partial charge in [-0.1, -0.05) is 0 Å². The summed E-state index contributed by atoms with van der Waals surface area (Å²) in [5, 5.41) is 0.239. The molecule has 2 atom stereocenters. The van der Waals surface area contributed by atoms with Gasteiger partial charge in [-0.15, -0.1) is 0 Å². The molecule has 0 N–H and O–H groups in total. The molecule has 1 unspecified atom stereocenters. The summed E-state index contributed by atoms with van der Waals surface area (Å²) in [6, 6.07) is 10.5. The number of Topliss-reactive ketones (excluding diaryl/α,β-unsaturated/α-hetero) is 1. The number of carbonyl (C=O) groups is 1. The molecule has 22 heavy (non-hydrogen) atoms. The standard InChI is InChI=1S/C18H28O2SeSi/c1-18(2,3)22(4,5)20-13-14-11-16(19)17(12-14)21-15-9-7-6-8-10-15/h6-10,14,17H,11-13H2,1-5H3/t14-,17?/m0/s1. The molecular weight excluding hydrogens is 355 g/mol. The molecular formula is C18H28O2SeSi. The Morgan fingerprint density at radius 3 is 2.45 bits per heavy atom. The molecule has 2 nitrogen and oxygen atoms in total. The first-order chi connectivity index (χ1) is 10.2. The van der Waals surface area contributed by atoms with Crippen LogP contribution in [-0.4, -0.2) is 35.7 Å². The minimum atomic E-state index is -1.70. The van der Waals surface area contributed by atoms with E-state index in [0.29, 0.717) is 18.1 Å². The summed E-state index contributed by atoms with van der Waals surface area (Å²) >= 11 is 0.268. The third-order valence-corrected chi connectivity index (χ3v) is 12.1. The molecule has 0 radical (unpaired) electrons. The quantitative estimate of drug-likeness (QED) is 0.723. The van der Waals surface area contributed by atoms with Crippen LogP contribution in [0.3, 0.4) is 0 Å². The van der Waals surface area contributed by atoms with Gasteiger partial charge in [0.2, 0.25) is 0 Å². The molecule has 1 aromatic rings. The summed E-state index contributed by atoms with van der Waals surface area (Å²) in [4.78, 5) is 12.5. The molecule has 1 saturated carbocycles. The molecule has 4 heteroatoms. The fourth-order valence-corrected chi connectivity index (χ4v) is 6.06. The Kier molecular flexibility index (Phi) is 5.71. The topological polar surface area (TPSA) is 26.3 Å². The molecule has 0 heterocycles. The molecule has 1 aliphatic carbocycles. The zero-order valence-corrected chi connectivity index (χ0v) is 17.1. The van der Waals surface area contributed by atoms with Crippen molar-refractivity contribution in [3.63, 3.8) is 0 Å². The first kappa shape index (κ1) is 17.9. The van der Waals surface area contributed by atoms with Crippen molar-refractivity contribution < 1.29 is 9.22 Å². The minimum absolute atomic E-state index is 0.239. The summed E-state index contributed by atoms with van der Waals surface area (Å²) in [5.41, 5.74) is 0. The Labute approximate surface area is 142 Å². The SMILES string of the molecule is CC(C)(C)[Si](C)(C)OC[C@H]1CC(=O)C([Se]c2ccccc2)C1. The van der Waals surface area contributed by atoms with E-state index in [2.05, 4.69) is 58.1 Å². The Hall–Kier alpha value is -0.414. The molecule has 2 rings (SSSR count). The predicted molar refractivity (Wildman–Crippen MR) is 96.5 cm³/mol. The third-order valence-electron chi connectivity index (χ3n) is 4.90. The fourth-order valence-electron chi connectivity index (χ4n) is 2.38. The second-order valence-corrected chi connectivity index (χ2v) is 15.2. The van der Waals surface area contributed by atoms with Crippen molar-refractivity contribution in [3.05, 3.63) is 30.3 Å². The average Bonchev–Trinajstić information content (AvgIpc) is 2.77. The number of rotatable bonds is 5. The van der Waals surface area contributed by atoms with Crippen LogP contribution in [0.1, 0.15) is 33.6 Å². The number of carbonyl (C=O) groups excluding carboxylic acids is 1. The van der Waals surface area contributed by atoms with Gasteiger partial charge in [-0.25, -0.2) is 0 Å². The van der Waals surface area contributed by atoms with Crippen LogP contribution in [0.5, 0.6) is 0 Å². The van der Waals surface area contributed by atoms with Gasteiger partial charge in [0.1, 0.15) is 0 Å². The first-order valence-corrected chi connectivity index (χ1v) is 12.8. The van der Waals surface area contributed by atoms with E-state index >= 15 is 0 Å². The Morgan fingerprint density at radius 1 is 1.23 bits per heavy atom. The molecule has 0 amide bonds. The second kappa shape index (κ2) is 7.00. The molecule has 0 aromatic heterocycles. The molecule has 0 saturated heterocycles. The Bertz CT molecular complexity index is 508. The maximum absolute atomic E-state index is 12.3. The summed E-state index contributed by atoms with van der Waals surface area (Å²) < 4.78 is 7.65. The van der Waals surface area contributed by atoms with Crippen LogP contribution >= 0.6 is 0 Å². The van der Waals surface area contributed by atoms with Crippen molar-refractivity contribution in [1.29, 1.82) is 0 Å². The molecule has 1 aliphatic rings. The van der Waals surface area contributed by atoms with Gasteiger partial charge in [0.05, 0.1) is 0 Å². The van der Waals surface area contributed by atoms with Gasteiger partial charge in [0.25, 0.3) is 0 Å². The Morgan fingerprint density at radius 2 is 1.86 bits per heavy atom. The van der Waals surface area contributed by atoms with E-state index in [0.717, 1.165) is 13.0 Å². The normalized spacial score (nSPS) is 23.0. The number of benzene rings is 1. The zero-order chi connectivity index (χ0) is 16.4. The van der Waals surface area contributed by atoms with Crippen LogP contribution in [0.25, 0.3) is 0 Å². The Balaban J connectivity index is 1.87. The van der Waals surface area contributed by atoms with Gasteiger partial charge >= 0.3 is 142 Å². The number of ketones is 1. The van der Waals surface area contributed by atoms with Gasteiger partial charge in [-0.2, -0.15) is 0 Å². The van der Waals surface area contributed by atoms with E-state index in [1.54, 1.807) is 0 Å². The van der Waals surface area contributed by atoms with Crippen molar-refractivity contribution >= 4 is 33.5 Å². The van der Waals surface area contributed by atoms with Gasteiger partial charge in [-0.3, -0.25) is 0 Å². The van der Waals surface area contributed by atoms with Crippen molar-refractivity contribution in [3.8, 4) is 0 Å². The van der Waals surface area contributed by atoms with E-state index in [1.807, 2.05) is 6.07 Å². The van der Waals surface area contributed by atoms with Crippen molar-refractivity contribution in [1.82, 2.24) is 0 Å². The molecule has 0 aliphatic heterocycles. The number of hydrogen-bond donors (Lipinski definition) is 0. The summed E-state index contributed by atoms with van der Waals surface area (Å²) in [7, 11) is -1.70. The van der Waals surface area contributed by atoms with E-state index in [1.165, 1.54) is 4.46 Å². The van der Waals surface area contributed by atoms with Gasteiger partial charge in [0, 0.05) is 0 Å². The van der Waals surface area contributed by atoms with Crippen LogP contribution in [0.15, 0.2) is 30.3 Å². The van der Waals surface area contributed by atoms with E-state index in [9.17, 15) is 4.79 Å². The summed E-state index contributed by atoms with van der Waals surface area (Å²) in [5.74, 6) is 0.880. The maximum atomic E-state index is 12.3. The van der Waals surface area contributed by atoms with Gasteiger partial charge in [-0.05, 0) is 0 Å². The fraction of sp³-hybridized carbons (Fsp3) is 0.611. The van der Waals surface area contributed by atoms with Crippen molar-refractivity contribution in [2.75, 3.05) is 6.61 Å². The molecule has 0 bridgehead atoms. The molecule has 1 fully saturated rings. The van der Waals surface area contributed by atoms with Crippen LogP contribution in [-0.2, 0) is 9.22 Å². The molecule has 0 spiro atoms. The van der Waals surface area contributed by atoms with Crippen LogP contribution < -0.4 is 4.46 Å². The van der Waals surface area contributed by atoms with Gasteiger partial charge in [0.15, 0.2) is 0 Å². The predicted octanol–water partition coefficient (Wildman–Crippen LogP) is 3.81. The third kappa shape index (κ3) is 4.54. The summed E-state index contributed by atoms with van der Waals surface area (Å²) in [6.07, 6.45) is 1.73. The second-order valence-electron chi connectivity index (χ2n) is 7.76. The van der Waals surface area contributed by atoms with E-state index in [4.69, 9.17) is 4.43 Å². The number of hydrogen-bond acceptors (Lipinski definition) is 2.